The number of halogens is 1. The van der Waals surface area contributed by atoms with Crippen molar-refractivity contribution in [1.29, 1.82) is 0 Å². The van der Waals surface area contributed by atoms with Crippen molar-refractivity contribution < 1.29 is 19.1 Å². The fraction of sp³-hybridized carbons (Fsp3) is 0.148. The molecule has 0 atom stereocenters. The van der Waals surface area contributed by atoms with E-state index in [4.69, 9.17) is 16.3 Å². The molecule has 0 aliphatic carbocycles. The molecule has 0 radical (unpaired) electrons. The summed E-state index contributed by atoms with van der Waals surface area (Å²) in [4.78, 5) is 39.0. The van der Waals surface area contributed by atoms with Gasteiger partial charge in [-0.05, 0) is 59.0 Å². The Labute approximate surface area is 202 Å². The molecule has 1 aliphatic heterocycles. The highest BCUT2D eigenvalue weighted by Crippen LogP contribution is 2.28. The summed E-state index contributed by atoms with van der Waals surface area (Å²) in [6.45, 7) is 2.02. The van der Waals surface area contributed by atoms with Crippen molar-refractivity contribution in [2.75, 3.05) is 12.0 Å². The number of rotatable bonds is 6. The summed E-state index contributed by atoms with van der Waals surface area (Å²) in [5.74, 6) is -0.825. The molecular weight excluding hydrogens is 452 g/mol. The maximum Gasteiger partial charge on any atom is 0.335 e. The second-order valence-electron chi connectivity index (χ2n) is 7.82. The maximum atomic E-state index is 13.1. The monoisotopic (exact) mass is 474 g/mol. The number of ether oxygens (including phenoxy) is 1. The Morgan fingerprint density at radius 1 is 0.971 bits per heavy atom. The second kappa shape index (κ2) is 9.93. The first kappa shape index (κ1) is 23.3. The van der Waals surface area contributed by atoms with E-state index in [-0.39, 0.29) is 5.57 Å². The Morgan fingerprint density at radius 3 is 2.38 bits per heavy atom. The third kappa shape index (κ3) is 4.72. The fourth-order valence-electron chi connectivity index (χ4n) is 3.78. The minimum atomic E-state index is -0.774. The summed E-state index contributed by atoms with van der Waals surface area (Å²) in [7, 11) is 1.56. The van der Waals surface area contributed by atoms with E-state index in [1.807, 2.05) is 49.4 Å². The summed E-state index contributed by atoms with van der Waals surface area (Å²) in [6, 6.07) is 19.3. The van der Waals surface area contributed by atoms with Crippen molar-refractivity contribution in [1.82, 2.24) is 5.32 Å². The molecule has 1 aliphatic rings. The van der Waals surface area contributed by atoms with Crippen LogP contribution in [-0.2, 0) is 22.4 Å². The van der Waals surface area contributed by atoms with Gasteiger partial charge in [0, 0.05) is 11.4 Å². The molecule has 34 heavy (non-hydrogen) atoms. The number of anilines is 1. The molecule has 0 bridgehead atoms. The van der Waals surface area contributed by atoms with Gasteiger partial charge in [0.2, 0.25) is 0 Å². The molecule has 1 N–H and O–H groups in total. The number of urea groups is 1. The smallest absolute Gasteiger partial charge is 0.335 e. The molecule has 6 nitrogen and oxygen atoms in total. The zero-order valence-corrected chi connectivity index (χ0v) is 19.6. The van der Waals surface area contributed by atoms with Gasteiger partial charge in [-0.15, -0.1) is 0 Å². The number of methoxy groups -OCH3 is 1. The van der Waals surface area contributed by atoms with E-state index >= 15 is 0 Å². The van der Waals surface area contributed by atoms with Gasteiger partial charge in [-0.1, -0.05) is 61.0 Å². The number of imide groups is 2. The van der Waals surface area contributed by atoms with Gasteiger partial charge < -0.3 is 4.74 Å². The van der Waals surface area contributed by atoms with Gasteiger partial charge in [0.15, 0.2) is 0 Å². The number of barbiturate groups is 1. The second-order valence-corrected chi connectivity index (χ2v) is 8.22. The van der Waals surface area contributed by atoms with Gasteiger partial charge in [-0.25, -0.2) is 9.69 Å². The minimum Gasteiger partial charge on any atom is -0.496 e. The summed E-state index contributed by atoms with van der Waals surface area (Å²) in [5, 5.41) is 2.91. The summed E-state index contributed by atoms with van der Waals surface area (Å²) >= 11 is 6.29. The molecular formula is C27H23ClN2O4. The van der Waals surface area contributed by atoms with Crippen LogP contribution in [0.1, 0.15) is 29.2 Å². The van der Waals surface area contributed by atoms with Crippen LogP contribution < -0.4 is 15.0 Å². The molecule has 1 saturated heterocycles. The molecule has 3 aromatic rings. The van der Waals surface area contributed by atoms with E-state index in [2.05, 4.69) is 5.32 Å². The summed E-state index contributed by atoms with van der Waals surface area (Å²) in [5.41, 5.74) is 3.79. The molecule has 172 valence electrons. The standard InChI is InChI=1S/C27H23ClN2O4/c1-3-17-9-12-21(13-10-17)30-26(32)22(25(31)29-27(30)33)14-18-8-11-20(24(15-18)34-2)16-19-6-4-5-7-23(19)28/h4-15H,3,16H2,1-2H3,(H,29,31,33)/b22-14+. The lowest BCUT2D eigenvalue weighted by molar-refractivity contribution is -0.122. The highest BCUT2D eigenvalue weighted by Gasteiger charge is 2.36. The van der Waals surface area contributed by atoms with Crippen molar-refractivity contribution in [3.8, 4) is 5.75 Å². The number of aryl methyl sites for hydroxylation is 1. The topological polar surface area (TPSA) is 75.7 Å². The molecule has 0 saturated carbocycles. The Morgan fingerprint density at radius 2 is 1.71 bits per heavy atom. The number of hydrogen-bond acceptors (Lipinski definition) is 4. The van der Waals surface area contributed by atoms with Crippen LogP contribution >= 0.6 is 11.6 Å². The van der Waals surface area contributed by atoms with E-state index in [9.17, 15) is 14.4 Å². The van der Waals surface area contributed by atoms with E-state index in [0.717, 1.165) is 28.0 Å². The third-order valence-corrected chi connectivity index (χ3v) is 6.03. The predicted octanol–water partition coefficient (Wildman–Crippen LogP) is 5.17. The number of benzene rings is 3. The van der Waals surface area contributed by atoms with Gasteiger partial charge in [0.25, 0.3) is 11.8 Å². The van der Waals surface area contributed by atoms with Crippen molar-refractivity contribution in [2.45, 2.75) is 19.8 Å². The highest BCUT2D eigenvalue weighted by molar-refractivity contribution is 6.39. The van der Waals surface area contributed by atoms with Crippen molar-refractivity contribution >= 4 is 41.2 Å². The zero-order chi connectivity index (χ0) is 24.2. The lowest BCUT2D eigenvalue weighted by Gasteiger charge is -2.26. The van der Waals surface area contributed by atoms with Crippen LogP contribution in [0.15, 0.2) is 72.3 Å². The first-order valence-corrected chi connectivity index (χ1v) is 11.2. The Bertz CT molecular complexity index is 1300. The Balaban J connectivity index is 1.65. The van der Waals surface area contributed by atoms with Crippen molar-refractivity contribution in [3.63, 3.8) is 0 Å². The quantitative estimate of drug-likeness (QED) is 0.395. The largest absolute Gasteiger partial charge is 0.496 e. The molecule has 4 amide bonds. The molecule has 7 heteroatoms. The molecule has 0 aromatic heterocycles. The number of nitrogens with one attached hydrogen (secondary N) is 1. The van der Waals surface area contributed by atoms with Gasteiger partial charge in [-0.3, -0.25) is 14.9 Å². The SMILES string of the molecule is CCc1ccc(N2C(=O)NC(=O)/C(=C\c3ccc(Cc4ccccc4Cl)c(OC)c3)C2=O)cc1. The molecule has 0 spiro atoms. The summed E-state index contributed by atoms with van der Waals surface area (Å²) in [6.07, 6.45) is 2.85. The zero-order valence-electron chi connectivity index (χ0n) is 18.8. The minimum absolute atomic E-state index is 0.139. The summed E-state index contributed by atoms with van der Waals surface area (Å²) < 4.78 is 5.55. The Kier molecular flexibility index (Phi) is 6.80. The van der Waals surface area contributed by atoms with Crippen LogP contribution in [0.3, 0.4) is 0 Å². The van der Waals surface area contributed by atoms with E-state index in [1.54, 1.807) is 31.4 Å². The number of amides is 4. The lowest BCUT2D eigenvalue weighted by atomic mass is 10.0. The molecule has 3 aromatic carbocycles. The van der Waals surface area contributed by atoms with Crippen LogP contribution in [0, 0.1) is 0 Å². The van der Waals surface area contributed by atoms with Crippen molar-refractivity contribution in [3.05, 3.63) is 99.6 Å². The lowest BCUT2D eigenvalue weighted by Crippen LogP contribution is -2.54. The predicted molar refractivity (Wildman–Crippen MR) is 132 cm³/mol. The van der Waals surface area contributed by atoms with Gasteiger partial charge >= 0.3 is 6.03 Å². The fourth-order valence-corrected chi connectivity index (χ4v) is 3.99. The first-order valence-electron chi connectivity index (χ1n) is 10.8. The molecule has 0 unspecified atom stereocenters. The molecule has 4 rings (SSSR count). The maximum absolute atomic E-state index is 13.1. The van der Waals surface area contributed by atoms with Crippen LogP contribution in [0.4, 0.5) is 10.5 Å². The Hall–Kier alpha value is -3.90. The van der Waals surface area contributed by atoms with Crippen LogP contribution in [-0.4, -0.2) is 25.0 Å². The van der Waals surface area contributed by atoms with Gasteiger partial charge in [0.05, 0.1) is 12.8 Å². The normalized spacial score (nSPS) is 15.0. The van der Waals surface area contributed by atoms with Crippen LogP contribution in [0.5, 0.6) is 5.75 Å². The average molecular weight is 475 g/mol. The third-order valence-electron chi connectivity index (χ3n) is 5.67. The van der Waals surface area contributed by atoms with E-state index in [0.29, 0.717) is 28.4 Å². The van der Waals surface area contributed by atoms with Gasteiger partial charge in [0.1, 0.15) is 11.3 Å². The van der Waals surface area contributed by atoms with Gasteiger partial charge in [-0.2, -0.15) is 0 Å². The number of carbonyl (C=O) groups excluding carboxylic acids is 3. The van der Waals surface area contributed by atoms with Crippen LogP contribution in [0.25, 0.3) is 6.08 Å². The first-order chi connectivity index (χ1) is 16.4. The van der Waals surface area contributed by atoms with Crippen molar-refractivity contribution in [2.24, 2.45) is 0 Å². The number of nitrogens with zero attached hydrogens (tertiary/aromatic N) is 1. The van der Waals surface area contributed by atoms with Crippen LogP contribution in [0.2, 0.25) is 5.02 Å². The van der Waals surface area contributed by atoms with E-state index < -0.39 is 17.8 Å². The highest BCUT2D eigenvalue weighted by atomic mass is 35.5. The van der Waals surface area contributed by atoms with E-state index in [1.165, 1.54) is 6.08 Å². The molecule has 1 heterocycles. The molecule has 1 fully saturated rings. The number of carbonyl (C=O) groups is 3. The average Bonchev–Trinajstić information content (AvgIpc) is 2.84. The number of hydrogen-bond donors (Lipinski definition) is 1.